The third-order valence-electron chi connectivity index (χ3n) is 0.452. The highest BCUT2D eigenvalue weighted by Gasteiger charge is 2.33. The average molecular weight is 146 g/mol. The van der Waals surface area contributed by atoms with E-state index in [1.54, 1.807) is 12.5 Å². The Labute approximate surface area is 50.9 Å². The molecule has 0 aliphatic rings. The highest BCUT2D eigenvalue weighted by Crippen LogP contribution is 2.16. The molecule has 0 aliphatic heterocycles. The molecule has 0 N–H and O–H groups in total. The third-order valence-corrected chi connectivity index (χ3v) is 1.36. The standard InChI is InChI=1S/C4H8F3S.H/c1-8(2)3-4(5,6)7;/h3H2,1-2H3;/q+1;-1. The Kier molecular flexibility index (Phi) is 2.66. The molecule has 0 rings (SSSR count). The Morgan fingerprint density at radius 3 is 1.75 bits per heavy atom. The van der Waals surface area contributed by atoms with E-state index in [4.69, 9.17) is 0 Å². The topological polar surface area (TPSA) is 0 Å². The van der Waals surface area contributed by atoms with Gasteiger partial charge in [-0.3, -0.25) is 0 Å². The monoisotopic (exact) mass is 146 g/mol. The SMILES string of the molecule is C[S+](C)CC(F)(F)F.[H-]. The van der Waals surface area contributed by atoms with Crippen molar-refractivity contribution in [1.82, 2.24) is 0 Å². The van der Waals surface area contributed by atoms with Gasteiger partial charge in [0.05, 0.1) is 12.5 Å². The van der Waals surface area contributed by atoms with Crippen molar-refractivity contribution in [3.05, 3.63) is 0 Å². The van der Waals surface area contributed by atoms with Gasteiger partial charge in [-0.2, -0.15) is 13.2 Å². The molecular weight excluding hydrogens is 137 g/mol. The Bertz CT molecular complexity index is 70.7. The van der Waals surface area contributed by atoms with E-state index in [1.165, 1.54) is 0 Å². The van der Waals surface area contributed by atoms with Crippen molar-refractivity contribution in [3.8, 4) is 0 Å². The zero-order valence-corrected chi connectivity index (χ0v) is 5.57. The van der Waals surface area contributed by atoms with Crippen molar-refractivity contribution in [3.63, 3.8) is 0 Å². The highest BCUT2D eigenvalue weighted by atomic mass is 32.2. The smallest absolute Gasteiger partial charge is 0.433 e. The van der Waals surface area contributed by atoms with Crippen molar-refractivity contribution in [2.24, 2.45) is 0 Å². The predicted molar refractivity (Wildman–Crippen MR) is 31.2 cm³/mol. The van der Waals surface area contributed by atoms with Gasteiger partial charge < -0.3 is 1.43 Å². The molecule has 0 nitrogen and oxygen atoms in total. The van der Waals surface area contributed by atoms with Crippen LogP contribution in [0.25, 0.3) is 0 Å². The van der Waals surface area contributed by atoms with Gasteiger partial charge in [0.2, 0.25) is 5.75 Å². The lowest BCUT2D eigenvalue weighted by molar-refractivity contribution is -0.105. The second-order valence-corrected chi connectivity index (χ2v) is 4.00. The molecule has 0 bridgehead atoms. The summed E-state index contributed by atoms with van der Waals surface area (Å²) < 4.78 is 33.9. The lowest BCUT2D eigenvalue weighted by Gasteiger charge is -2.00. The van der Waals surface area contributed by atoms with Gasteiger partial charge in [0.1, 0.15) is 0 Å². The largest absolute Gasteiger partial charge is 1.00 e. The van der Waals surface area contributed by atoms with Crippen LogP contribution in [0.3, 0.4) is 0 Å². The minimum Gasteiger partial charge on any atom is -1.00 e. The Balaban J connectivity index is 0. The van der Waals surface area contributed by atoms with Crippen molar-refractivity contribution >= 4 is 10.9 Å². The first-order chi connectivity index (χ1) is 3.42. The van der Waals surface area contributed by atoms with Crippen LogP contribution in [0, 0.1) is 0 Å². The van der Waals surface area contributed by atoms with Crippen LogP contribution in [-0.4, -0.2) is 24.4 Å². The van der Waals surface area contributed by atoms with Gasteiger partial charge in [-0.1, -0.05) is 0 Å². The minimum absolute atomic E-state index is 0. The first-order valence-corrected chi connectivity index (χ1v) is 4.24. The lowest BCUT2D eigenvalue weighted by atomic mass is 10.8. The van der Waals surface area contributed by atoms with E-state index in [-0.39, 0.29) is 1.43 Å². The summed E-state index contributed by atoms with van der Waals surface area (Å²) in [6, 6.07) is 0. The van der Waals surface area contributed by atoms with Crippen LogP contribution in [0.15, 0.2) is 0 Å². The van der Waals surface area contributed by atoms with Crippen LogP contribution in [0.2, 0.25) is 0 Å². The van der Waals surface area contributed by atoms with Gasteiger partial charge in [-0.25, -0.2) is 0 Å². The molecule has 0 fully saturated rings. The average Bonchev–Trinajstić information content (AvgIpc) is 1.21. The van der Waals surface area contributed by atoms with Gasteiger partial charge in [-0.05, 0) is 10.9 Å². The zero-order valence-electron chi connectivity index (χ0n) is 5.75. The van der Waals surface area contributed by atoms with Crippen LogP contribution >= 0.6 is 0 Å². The molecule has 0 radical (unpaired) electrons. The number of hydrogen-bond donors (Lipinski definition) is 0. The lowest BCUT2D eigenvalue weighted by Crippen LogP contribution is -2.20. The molecule has 0 aromatic carbocycles. The number of hydrogen-bond acceptors (Lipinski definition) is 0. The predicted octanol–water partition coefficient (Wildman–Crippen LogP) is 1.54. The molecule has 8 heavy (non-hydrogen) atoms. The number of alkyl halides is 3. The van der Waals surface area contributed by atoms with Crippen LogP contribution in [-0.2, 0) is 10.9 Å². The van der Waals surface area contributed by atoms with Crippen molar-refractivity contribution in [1.29, 1.82) is 0 Å². The molecule has 0 atom stereocenters. The summed E-state index contributed by atoms with van der Waals surface area (Å²) in [4.78, 5) is 0. The molecular formula is C4H9F3S. The Morgan fingerprint density at radius 1 is 1.38 bits per heavy atom. The summed E-state index contributed by atoms with van der Waals surface area (Å²) in [6.07, 6.45) is -0.812. The summed E-state index contributed by atoms with van der Waals surface area (Å²) in [5, 5.41) is 0. The quantitative estimate of drug-likeness (QED) is 0.492. The van der Waals surface area contributed by atoms with E-state index in [2.05, 4.69) is 0 Å². The Hall–Kier alpha value is 0.140. The van der Waals surface area contributed by atoms with Crippen LogP contribution in [0.1, 0.15) is 1.43 Å². The fraction of sp³-hybridized carbons (Fsp3) is 1.00. The van der Waals surface area contributed by atoms with E-state index in [1.807, 2.05) is 0 Å². The summed E-state index contributed by atoms with van der Waals surface area (Å²) in [5.41, 5.74) is 0. The Morgan fingerprint density at radius 2 is 1.75 bits per heavy atom. The molecule has 0 aromatic rings. The minimum atomic E-state index is -3.97. The van der Waals surface area contributed by atoms with Crippen molar-refractivity contribution < 1.29 is 14.6 Å². The van der Waals surface area contributed by atoms with E-state index < -0.39 is 22.8 Å². The van der Waals surface area contributed by atoms with E-state index in [0.29, 0.717) is 0 Å². The maximum atomic E-state index is 11.3. The molecule has 52 valence electrons. The van der Waals surface area contributed by atoms with Crippen LogP contribution in [0.4, 0.5) is 13.2 Å². The van der Waals surface area contributed by atoms with Gasteiger partial charge in [0.25, 0.3) is 0 Å². The molecule has 0 aliphatic carbocycles. The molecule has 0 spiro atoms. The normalized spacial score (nSPS) is 12.8. The second-order valence-electron chi connectivity index (χ2n) is 1.75. The molecule has 0 unspecified atom stereocenters. The first-order valence-electron chi connectivity index (χ1n) is 2.03. The van der Waals surface area contributed by atoms with Gasteiger partial charge in [0, 0.05) is 0 Å². The van der Waals surface area contributed by atoms with Crippen molar-refractivity contribution in [2.75, 3.05) is 18.3 Å². The molecule has 0 saturated heterocycles. The van der Waals surface area contributed by atoms with E-state index >= 15 is 0 Å². The second kappa shape index (κ2) is 2.62. The first kappa shape index (κ1) is 8.14. The number of rotatable bonds is 1. The molecule has 0 aromatic heterocycles. The van der Waals surface area contributed by atoms with Gasteiger partial charge in [0.15, 0.2) is 0 Å². The maximum absolute atomic E-state index is 11.3. The maximum Gasteiger partial charge on any atom is 0.433 e. The molecule has 0 saturated carbocycles. The summed E-state index contributed by atoms with van der Waals surface area (Å²) in [6.45, 7) is 0. The molecule has 0 heterocycles. The zero-order chi connectivity index (χ0) is 6.78. The highest BCUT2D eigenvalue weighted by molar-refractivity contribution is 7.95. The van der Waals surface area contributed by atoms with Gasteiger partial charge >= 0.3 is 6.18 Å². The summed E-state index contributed by atoms with van der Waals surface area (Å²) in [7, 11) is -0.510. The summed E-state index contributed by atoms with van der Waals surface area (Å²) in [5.74, 6) is -0.646. The van der Waals surface area contributed by atoms with E-state index in [9.17, 15) is 13.2 Å². The third kappa shape index (κ3) is 6.14. The number of halogens is 3. The molecule has 0 amide bonds. The fourth-order valence-corrected chi connectivity index (χ4v) is 0.982. The molecule has 4 heteroatoms. The van der Waals surface area contributed by atoms with Crippen LogP contribution in [0.5, 0.6) is 0 Å². The summed E-state index contributed by atoms with van der Waals surface area (Å²) >= 11 is 0. The fourth-order valence-electron chi connectivity index (χ4n) is 0.327. The van der Waals surface area contributed by atoms with Gasteiger partial charge in [-0.15, -0.1) is 0 Å². The van der Waals surface area contributed by atoms with Crippen LogP contribution < -0.4 is 0 Å². The van der Waals surface area contributed by atoms with Crippen molar-refractivity contribution in [2.45, 2.75) is 6.18 Å². The van der Waals surface area contributed by atoms with E-state index in [0.717, 1.165) is 0 Å².